The molecule has 3 heteroatoms. The van der Waals surface area contributed by atoms with E-state index in [2.05, 4.69) is 16.8 Å². The van der Waals surface area contributed by atoms with Gasteiger partial charge in [0.15, 0.2) is 0 Å². The molecule has 2 fully saturated rings. The number of nitrogens with zero attached hydrogens (tertiary/aromatic N) is 1. The molecule has 1 heterocycles. The average Bonchev–Trinajstić information content (AvgIpc) is 3.02. The van der Waals surface area contributed by atoms with Gasteiger partial charge in [0, 0.05) is 32.2 Å². The lowest BCUT2D eigenvalue weighted by atomic mass is 9.93. The summed E-state index contributed by atoms with van der Waals surface area (Å²) in [5.74, 6) is 0. The molecule has 0 aromatic rings. The van der Waals surface area contributed by atoms with E-state index in [1.165, 1.54) is 18.4 Å². The van der Waals surface area contributed by atoms with Gasteiger partial charge >= 0.3 is 0 Å². The number of hydrogen-bond acceptors (Lipinski definition) is 3. The van der Waals surface area contributed by atoms with Crippen LogP contribution in [0, 0.1) is 0 Å². The van der Waals surface area contributed by atoms with Gasteiger partial charge in [-0.05, 0) is 38.2 Å². The summed E-state index contributed by atoms with van der Waals surface area (Å²) in [6, 6.07) is 0.763. The minimum Gasteiger partial charge on any atom is -0.390 e. The van der Waals surface area contributed by atoms with Gasteiger partial charge in [-0.25, -0.2) is 0 Å². The van der Waals surface area contributed by atoms with E-state index in [1.807, 2.05) is 6.92 Å². The molecule has 1 saturated carbocycles. The van der Waals surface area contributed by atoms with Crippen LogP contribution in [0.2, 0.25) is 0 Å². The fourth-order valence-corrected chi connectivity index (χ4v) is 2.14. The number of nitrogens with one attached hydrogen (secondary N) is 1. The monoisotopic (exact) mass is 224 g/mol. The van der Waals surface area contributed by atoms with Crippen molar-refractivity contribution in [2.45, 2.75) is 44.2 Å². The third kappa shape index (κ3) is 3.89. The van der Waals surface area contributed by atoms with Gasteiger partial charge in [0.05, 0.1) is 5.60 Å². The standard InChI is InChI=1S/C13H24N2O/c1-11(9-14-12-3-4-12)10-15-7-5-13(2,16)6-8-15/h12,14,16H,1,3-10H2,2H3. The summed E-state index contributed by atoms with van der Waals surface area (Å²) >= 11 is 0. The Morgan fingerprint density at radius 1 is 1.44 bits per heavy atom. The van der Waals surface area contributed by atoms with Crippen LogP contribution in [0.1, 0.15) is 32.6 Å². The highest BCUT2D eigenvalue weighted by atomic mass is 16.3. The van der Waals surface area contributed by atoms with Gasteiger partial charge in [0.1, 0.15) is 0 Å². The number of rotatable bonds is 5. The van der Waals surface area contributed by atoms with E-state index in [4.69, 9.17) is 0 Å². The van der Waals surface area contributed by atoms with Gasteiger partial charge < -0.3 is 10.4 Å². The molecule has 1 saturated heterocycles. The molecule has 92 valence electrons. The van der Waals surface area contributed by atoms with E-state index < -0.39 is 5.60 Å². The lowest BCUT2D eigenvalue weighted by Crippen LogP contribution is -2.43. The van der Waals surface area contributed by atoms with Crippen LogP contribution in [0.25, 0.3) is 0 Å². The Bertz CT molecular complexity index is 249. The van der Waals surface area contributed by atoms with E-state index in [9.17, 15) is 5.11 Å². The van der Waals surface area contributed by atoms with Crippen LogP contribution >= 0.6 is 0 Å². The number of piperidine rings is 1. The van der Waals surface area contributed by atoms with Gasteiger partial charge in [-0.1, -0.05) is 6.58 Å². The van der Waals surface area contributed by atoms with E-state index in [0.29, 0.717) is 0 Å². The Hall–Kier alpha value is -0.380. The van der Waals surface area contributed by atoms with Crippen molar-refractivity contribution < 1.29 is 5.11 Å². The Kier molecular flexibility index (Phi) is 3.67. The molecule has 16 heavy (non-hydrogen) atoms. The summed E-state index contributed by atoms with van der Waals surface area (Å²) in [5, 5.41) is 13.3. The van der Waals surface area contributed by atoms with Crippen LogP contribution < -0.4 is 5.32 Å². The van der Waals surface area contributed by atoms with E-state index >= 15 is 0 Å². The maximum absolute atomic E-state index is 9.85. The minimum atomic E-state index is -0.440. The zero-order valence-electron chi connectivity index (χ0n) is 10.3. The SMILES string of the molecule is C=C(CNC1CC1)CN1CCC(C)(O)CC1. The molecule has 0 aromatic carbocycles. The zero-order valence-corrected chi connectivity index (χ0v) is 10.3. The summed E-state index contributed by atoms with van der Waals surface area (Å²) in [5.41, 5.74) is 0.831. The van der Waals surface area contributed by atoms with Crippen molar-refractivity contribution >= 4 is 0 Å². The summed E-state index contributed by atoms with van der Waals surface area (Å²) in [6.07, 6.45) is 4.44. The largest absolute Gasteiger partial charge is 0.390 e. The summed E-state index contributed by atoms with van der Waals surface area (Å²) in [7, 11) is 0. The zero-order chi connectivity index (χ0) is 11.6. The Morgan fingerprint density at radius 3 is 2.62 bits per heavy atom. The van der Waals surface area contributed by atoms with E-state index in [1.54, 1.807) is 0 Å². The van der Waals surface area contributed by atoms with E-state index in [-0.39, 0.29) is 0 Å². The maximum atomic E-state index is 9.85. The highest BCUT2D eigenvalue weighted by molar-refractivity contribution is 5.02. The molecular weight excluding hydrogens is 200 g/mol. The molecule has 0 bridgehead atoms. The van der Waals surface area contributed by atoms with Gasteiger partial charge in [-0.2, -0.15) is 0 Å². The van der Waals surface area contributed by atoms with Gasteiger partial charge in [0.2, 0.25) is 0 Å². The maximum Gasteiger partial charge on any atom is 0.0644 e. The quantitative estimate of drug-likeness (QED) is 0.688. The topological polar surface area (TPSA) is 35.5 Å². The number of hydrogen-bond donors (Lipinski definition) is 2. The normalized spacial score (nSPS) is 25.6. The first-order valence-corrected chi connectivity index (χ1v) is 6.40. The summed E-state index contributed by atoms with van der Waals surface area (Å²) < 4.78 is 0. The molecule has 2 rings (SSSR count). The molecule has 2 N–H and O–H groups in total. The van der Waals surface area contributed by atoms with Gasteiger partial charge in [-0.3, -0.25) is 4.90 Å². The van der Waals surface area contributed by atoms with Crippen LogP contribution in [0.3, 0.4) is 0 Å². The molecule has 1 aliphatic carbocycles. The average molecular weight is 224 g/mol. The molecule has 0 unspecified atom stereocenters. The second-order valence-electron chi connectivity index (χ2n) is 5.68. The fourth-order valence-electron chi connectivity index (χ4n) is 2.14. The highest BCUT2D eigenvalue weighted by Gasteiger charge is 2.27. The second-order valence-corrected chi connectivity index (χ2v) is 5.68. The molecule has 0 radical (unpaired) electrons. The summed E-state index contributed by atoms with van der Waals surface area (Å²) in [4.78, 5) is 2.40. The Labute approximate surface area is 98.5 Å². The Morgan fingerprint density at radius 2 is 2.06 bits per heavy atom. The highest BCUT2D eigenvalue weighted by Crippen LogP contribution is 2.22. The predicted octanol–water partition coefficient (Wildman–Crippen LogP) is 1.14. The van der Waals surface area contributed by atoms with Crippen LogP contribution in [0.15, 0.2) is 12.2 Å². The molecule has 0 aromatic heterocycles. The van der Waals surface area contributed by atoms with Crippen molar-refractivity contribution in [3.8, 4) is 0 Å². The number of likely N-dealkylation sites (tertiary alicyclic amines) is 1. The fraction of sp³-hybridized carbons (Fsp3) is 0.846. The van der Waals surface area contributed by atoms with Crippen LogP contribution in [0.4, 0.5) is 0 Å². The van der Waals surface area contributed by atoms with Crippen LogP contribution in [0.5, 0.6) is 0 Å². The molecule has 2 aliphatic rings. The summed E-state index contributed by atoms with van der Waals surface area (Å²) in [6.45, 7) is 9.99. The van der Waals surface area contributed by atoms with Crippen LogP contribution in [-0.4, -0.2) is 47.8 Å². The second kappa shape index (κ2) is 4.86. The molecular formula is C13H24N2O. The van der Waals surface area contributed by atoms with Crippen molar-refractivity contribution in [1.82, 2.24) is 10.2 Å². The van der Waals surface area contributed by atoms with Crippen molar-refractivity contribution in [3.63, 3.8) is 0 Å². The van der Waals surface area contributed by atoms with Crippen molar-refractivity contribution in [3.05, 3.63) is 12.2 Å². The van der Waals surface area contributed by atoms with Gasteiger partial charge in [0.25, 0.3) is 0 Å². The van der Waals surface area contributed by atoms with Crippen molar-refractivity contribution in [1.29, 1.82) is 0 Å². The first-order valence-electron chi connectivity index (χ1n) is 6.40. The van der Waals surface area contributed by atoms with E-state index in [0.717, 1.165) is 45.1 Å². The molecule has 3 nitrogen and oxygen atoms in total. The van der Waals surface area contributed by atoms with Gasteiger partial charge in [-0.15, -0.1) is 0 Å². The lowest BCUT2D eigenvalue weighted by Gasteiger charge is -2.36. The third-order valence-corrected chi connectivity index (χ3v) is 3.60. The van der Waals surface area contributed by atoms with Crippen molar-refractivity contribution in [2.24, 2.45) is 0 Å². The molecule has 0 amide bonds. The minimum absolute atomic E-state index is 0.440. The van der Waals surface area contributed by atoms with Crippen molar-refractivity contribution in [2.75, 3.05) is 26.2 Å². The smallest absolute Gasteiger partial charge is 0.0644 e. The Balaban J connectivity index is 1.63. The molecule has 0 atom stereocenters. The van der Waals surface area contributed by atoms with Crippen LogP contribution in [-0.2, 0) is 0 Å². The first kappa shape index (κ1) is 12.1. The first-order chi connectivity index (χ1) is 7.55. The lowest BCUT2D eigenvalue weighted by molar-refractivity contribution is -0.00310. The molecule has 1 aliphatic heterocycles. The predicted molar refractivity (Wildman–Crippen MR) is 66.5 cm³/mol. The number of aliphatic hydroxyl groups is 1. The third-order valence-electron chi connectivity index (χ3n) is 3.60. The molecule has 0 spiro atoms.